The van der Waals surface area contributed by atoms with Crippen molar-refractivity contribution in [3.8, 4) is 0 Å². The summed E-state index contributed by atoms with van der Waals surface area (Å²) in [4.78, 5) is 4.67. The molecule has 5 nitrogen and oxygen atoms in total. The first-order valence-electron chi connectivity index (χ1n) is 9.04. The Balaban J connectivity index is 1.58. The number of fused-ring (bicyclic) bond motifs is 1. The van der Waals surface area contributed by atoms with Gasteiger partial charge in [-0.05, 0) is 70.5 Å². The smallest absolute Gasteiger partial charge is 0.0706 e. The van der Waals surface area contributed by atoms with Crippen molar-refractivity contribution in [2.75, 3.05) is 32.7 Å². The van der Waals surface area contributed by atoms with Crippen LogP contribution in [0.5, 0.6) is 0 Å². The fourth-order valence-electron chi connectivity index (χ4n) is 2.67. The molecule has 1 aromatic carbocycles. The van der Waals surface area contributed by atoms with Crippen LogP contribution >= 0.6 is 0 Å². The molecule has 0 saturated carbocycles. The summed E-state index contributed by atoms with van der Waals surface area (Å²) in [6.07, 6.45) is 4.33. The van der Waals surface area contributed by atoms with Crippen molar-refractivity contribution in [3.05, 3.63) is 42.1 Å². The van der Waals surface area contributed by atoms with Gasteiger partial charge in [-0.1, -0.05) is 24.3 Å². The van der Waals surface area contributed by atoms with Crippen LogP contribution in [0.1, 0.15) is 37.4 Å². The van der Waals surface area contributed by atoms with Crippen LogP contribution in [-0.4, -0.2) is 37.7 Å². The number of aromatic nitrogens is 1. The van der Waals surface area contributed by atoms with Crippen molar-refractivity contribution in [2.45, 2.75) is 31.7 Å². The van der Waals surface area contributed by atoms with E-state index in [1.807, 2.05) is 24.3 Å². The van der Waals surface area contributed by atoms with Crippen molar-refractivity contribution in [2.24, 2.45) is 11.5 Å². The highest BCUT2D eigenvalue weighted by Gasteiger charge is 2.07. The molecule has 0 fully saturated rings. The van der Waals surface area contributed by atoms with Gasteiger partial charge in [0.1, 0.15) is 0 Å². The highest BCUT2D eigenvalue weighted by atomic mass is 14.9. The highest BCUT2D eigenvalue weighted by molar-refractivity contribution is 5.78. The minimum absolute atomic E-state index is 0.0139. The first kappa shape index (κ1) is 18.8. The van der Waals surface area contributed by atoms with Crippen molar-refractivity contribution in [1.29, 1.82) is 0 Å². The van der Waals surface area contributed by atoms with Crippen LogP contribution < -0.4 is 22.1 Å². The second kappa shape index (κ2) is 11.1. The number of pyridine rings is 1. The van der Waals surface area contributed by atoms with E-state index >= 15 is 0 Å². The summed E-state index contributed by atoms with van der Waals surface area (Å²) < 4.78 is 0. The third kappa shape index (κ3) is 6.53. The van der Waals surface area contributed by atoms with E-state index in [0.29, 0.717) is 0 Å². The van der Waals surface area contributed by atoms with Crippen LogP contribution in [0.25, 0.3) is 10.9 Å². The minimum Gasteiger partial charge on any atom is -0.330 e. The molecule has 0 aliphatic carbocycles. The molecule has 1 unspecified atom stereocenters. The van der Waals surface area contributed by atoms with Crippen molar-refractivity contribution < 1.29 is 0 Å². The molecular formula is C19H31N5. The van der Waals surface area contributed by atoms with Crippen molar-refractivity contribution in [3.63, 3.8) is 0 Å². The Labute approximate surface area is 145 Å². The number of hydrogen-bond acceptors (Lipinski definition) is 5. The fourth-order valence-corrected chi connectivity index (χ4v) is 2.67. The Hall–Kier alpha value is -1.53. The standard InChI is InChI=1S/C19H31N5/c20-11-5-14-22-12-3-4-13-23-15-10-17(21)19-9-8-16-6-1-2-7-18(16)24-19/h1-2,6-9,17,22-23H,3-5,10-15,20-21H2. The van der Waals surface area contributed by atoms with E-state index in [9.17, 15) is 0 Å². The third-order valence-corrected chi connectivity index (χ3v) is 4.15. The average molecular weight is 329 g/mol. The molecule has 1 heterocycles. The lowest BCUT2D eigenvalue weighted by molar-refractivity contribution is 0.542. The Morgan fingerprint density at radius 1 is 0.875 bits per heavy atom. The van der Waals surface area contributed by atoms with Gasteiger partial charge in [-0.25, -0.2) is 0 Å². The monoisotopic (exact) mass is 329 g/mol. The Morgan fingerprint density at radius 2 is 1.58 bits per heavy atom. The zero-order valence-electron chi connectivity index (χ0n) is 14.5. The zero-order chi connectivity index (χ0) is 17.0. The average Bonchev–Trinajstić information content (AvgIpc) is 2.62. The number of hydrogen-bond donors (Lipinski definition) is 4. The number of para-hydroxylation sites is 1. The van der Waals surface area contributed by atoms with Gasteiger partial charge in [0.05, 0.1) is 11.2 Å². The summed E-state index contributed by atoms with van der Waals surface area (Å²) in [6.45, 7) is 4.83. The second-order valence-electron chi connectivity index (χ2n) is 6.17. The molecule has 0 bridgehead atoms. The molecule has 0 aliphatic rings. The summed E-state index contributed by atoms with van der Waals surface area (Å²) in [5.41, 5.74) is 13.7. The van der Waals surface area contributed by atoms with Crippen LogP contribution in [0.3, 0.4) is 0 Å². The van der Waals surface area contributed by atoms with Gasteiger partial charge in [0.15, 0.2) is 0 Å². The van der Waals surface area contributed by atoms with E-state index in [1.54, 1.807) is 0 Å². The molecule has 0 spiro atoms. The largest absolute Gasteiger partial charge is 0.330 e. The summed E-state index contributed by atoms with van der Waals surface area (Å²) in [7, 11) is 0. The Bertz CT molecular complexity index is 587. The topological polar surface area (TPSA) is 89.0 Å². The molecule has 6 N–H and O–H groups in total. The summed E-state index contributed by atoms with van der Waals surface area (Å²) >= 11 is 0. The van der Waals surface area contributed by atoms with Gasteiger partial charge in [-0.3, -0.25) is 4.98 Å². The molecule has 132 valence electrons. The van der Waals surface area contributed by atoms with Gasteiger partial charge in [0, 0.05) is 11.4 Å². The SMILES string of the molecule is NCCCNCCCCNCCC(N)c1ccc2ccccc2n1. The number of nitrogens with zero attached hydrogens (tertiary/aromatic N) is 1. The van der Waals surface area contributed by atoms with Crippen molar-refractivity contribution >= 4 is 10.9 Å². The molecule has 1 aromatic heterocycles. The minimum atomic E-state index is -0.0139. The number of nitrogens with one attached hydrogen (secondary N) is 2. The van der Waals surface area contributed by atoms with Gasteiger partial charge in [-0.2, -0.15) is 0 Å². The number of unbranched alkanes of at least 4 members (excludes halogenated alkanes) is 1. The van der Waals surface area contributed by atoms with E-state index in [-0.39, 0.29) is 6.04 Å². The number of rotatable bonds is 12. The molecule has 5 heteroatoms. The van der Waals surface area contributed by atoms with Gasteiger partial charge in [0.25, 0.3) is 0 Å². The van der Waals surface area contributed by atoms with E-state index in [2.05, 4.69) is 27.8 Å². The summed E-state index contributed by atoms with van der Waals surface area (Å²) in [5.74, 6) is 0. The summed E-state index contributed by atoms with van der Waals surface area (Å²) in [5, 5.41) is 8.02. The Morgan fingerprint density at radius 3 is 2.38 bits per heavy atom. The van der Waals surface area contributed by atoms with Crippen LogP contribution in [0.4, 0.5) is 0 Å². The lowest BCUT2D eigenvalue weighted by Crippen LogP contribution is -2.24. The highest BCUT2D eigenvalue weighted by Crippen LogP contribution is 2.16. The van der Waals surface area contributed by atoms with E-state index < -0.39 is 0 Å². The lowest BCUT2D eigenvalue weighted by Gasteiger charge is -2.12. The zero-order valence-corrected chi connectivity index (χ0v) is 14.5. The van der Waals surface area contributed by atoms with E-state index in [1.165, 1.54) is 12.8 Å². The first-order chi connectivity index (χ1) is 11.8. The van der Waals surface area contributed by atoms with Gasteiger partial charge >= 0.3 is 0 Å². The van der Waals surface area contributed by atoms with Crippen LogP contribution in [0.15, 0.2) is 36.4 Å². The quantitative estimate of drug-likeness (QED) is 0.447. The molecule has 2 aromatic rings. The van der Waals surface area contributed by atoms with Gasteiger partial charge in [-0.15, -0.1) is 0 Å². The van der Waals surface area contributed by atoms with Crippen LogP contribution in [-0.2, 0) is 0 Å². The number of nitrogens with two attached hydrogens (primary N) is 2. The molecule has 0 aliphatic heterocycles. The van der Waals surface area contributed by atoms with Gasteiger partial charge in [0.2, 0.25) is 0 Å². The maximum absolute atomic E-state index is 6.27. The predicted octanol–water partition coefficient (Wildman–Crippen LogP) is 1.93. The van der Waals surface area contributed by atoms with Crippen LogP contribution in [0.2, 0.25) is 0 Å². The van der Waals surface area contributed by atoms with E-state index in [4.69, 9.17) is 11.5 Å². The second-order valence-corrected chi connectivity index (χ2v) is 6.17. The molecule has 0 amide bonds. The normalized spacial score (nSPS) is 12.6. The molecule has 2 rings (SSSR count). The molecule has 24 heavy (non-hydrogen) atoms. The molecule has 0 radical (unpaired) electrons. The van der Waals surface area contributed by atoms with E-state index in [0.717, 1.165) is 62.2 Å². The molecule has 1 atom stereocenters. The van der Waals surface area contributed by atoms with Crippen molar-refractivity contribution in [1.82, 2.24) is 15.6 Å². The van der Waals surface area contributed by atoms with Crippen LogP contribution in [0, 0.1) is 0 Å². The summed E-state index contributed by atoms with van der Waals surface area (Å²) in [6, 6.07) is 12.3. The number of benzene rings is 1. The Kier molecular flexibility index (Phi) is 8.70. The fraction of sp³-hybridized carbons (Fsp3) is 0.526. The molecular weight excluding hydrogens is 298 g/mol. The predicted molar refractivity (Wildman–Crippen MR) is 102 cm³/mol. The molecule has 0 saturated heterocycles. The maximum Gasteiger partial charge on any atom is 0.0706 e. The van der Waals surface area contributed by atoms with Gasteiger partial charge < -0.3 is 22.1 Å². The maximum atomic E-state index is 6.27. The lowest BCUT2D eigenvalue weighted by atomic mass is 10.1. The first-order valence-corrected chi connectivity index (χ1v) is 9.04. The third-order valence-electron chi connectivity index (χ3n) is 4.15.